The van der Waals surface area contributed by atoms with Gasteiger partial charge >= 0.3 is 5.97 Å². The van der Waals surface area contributed by atoms with Gasteiger partial charge in [0.25, 0.3) is 0 Å². The van der Waals surface area contributed by atoms with Crippen LogP contribution in [-0.2, 0) is 16.6 Å². The average molecular weight is 261 g/mol. The number of nitrogens with zero attached hydrogens (tertiary/aromatic N) is 3. The summed E-state index contributed by atoms with van der Waals surface area (Å²) in [5, 5.41) is 0. The number of methoxy groups -OCH3 is 1. The molecule has 0 fully saturated rings. The van der Waals surface area contributed by atoms with Crippen molar-refractivity contribution in [3.8, 4) is 0 Å². The van der Waals surface area contributed by atoms with Gasteiger partial charge in [0.05, 0.1) is 24.1 Å². The zero-order valence-electron chi connectivity index (χ0n) is 11.4. The zero-order valence-corrected chi connectivity index (χ0v) is 11.4. The van der Waals surface area contributed by atoms with Crippen LogP contribution in [0.1, 0.15) is 28.2 Å². The maximum Gasteiger partial charge on any atom is 0.313 e. The summed E-state index contributed by atoms with van der Waals surface area (Å²) < 4.78 is 6.24. The van der Waals surface area contributed by atoms with Crippen LogP contribution in [0.5, 0.6) is 0 Å². The lowest BCUT2D eigenvalue weighted by Crippen LogP contribution is -2.09. The molecule has 0 spiro atoms. The van der Waals surface area contributed by atoms with Crippen molar-refractivity contribution in [2.24, 2.45) is 7.05 Å². The van der Waals surface area contributed by atoms with Crippen molar-refractivity contribution in [2.45, 2.75) is 20.3 Å². The molecule has 6 heteroatoms. The minimum atomic E-state index is -0.557. The predicted octanol–water partition coefficient (Wildman–Crippen LogP) is 1.33. The van der Waals surface area contributed by atoms with Crippen LogP contribution in [0.25, 0.3) is 11.2 Å². The standard InChI is InChI=1S/C13H15N3O3/c1-7-8(2)15-13-12(14-7)9(6-16(13)3)10(17)5-11(18)19-4/h6H,5H2,1-4H3. The molecule has 0 amide bonds. The number of ketones is 1. The van der Waals surface area contributed by atoms with Crippen molar-refractivity contribution in [3.05, 3.63) is 23.1 Å². The van der Waals surface area contributed by atoms with Crippen molar-refractivity contribution < 1.29 is 14.3 Å². The van der Waals surface area contributed by atoms with E-state index in [0.717, 1.165) is 11.4 Å². The molecule has 0 radical (unpaired) electrons. The van der Waals surface area contributed by atoms with Gasteiger partial charge in [0.2, 0.25) is 0 Å². The number of esters is 1. The van der Waals surface area contributed by atoms with E-state index in [4.69, 9.17) is 0 Å². The molecule has 0 unspecified atom stereocenters. The molecule has 0 aromatic carbocycles. The molecular weight excluding hydrogens is 246 g/mol. The fourth-order valence-electron chi connectivity index (χ4n) is 1.84. The normalized spacial score (nSPS) is 10.7. The Balaban J connectivity index is 2.52. The van der Waals surface area contributed by atoms with Crippen LogP contribution in [0.3, 0.4) is 0 Å². The highest BCUT2D eigenvalue weighted by atomic mass is 16.5. The maximum absolute atomic E-state index is 12.1. The van der Waals surface area contributed by atoms with Crippen molar-refractivity contribution >= 4 is 22.9 Å². The third-order valence-electron chi connectivity index (χ3n) is 3.03. The van der Waals surface area contributed by atoms with E-state index in [1.54, 1.807) is 17.8 Å². The number of aromatic nitrogens is 3. The van der Waals surface area contributed by atoms with Crippen LogP contribution in [-0.4, -0.2) is 33.4 Å². The van der Waals surface area contributed by atoms with Gasteiger partial charge in [-0.2, -0.15) is 0 Å². The first-order valence-corrected chi connectivity index (χ1v) is 5.84. The lowest BCUT2D eigenvalue weighted by molar-refractivity contribution is -0.139. The largest absolute Gasteiger partial charge is 0.469 e. The minimum absolute atomic E-state index is 0.287. The lowest BCUT2D eigenvalue weighted by atomic mass is 10.1. The maximum atomic E-state index is 12.1. The quantitative estimate of drug-likeness (QED) is 0.473. The first kappa shape index (κ1) is 13.2. The number of Topliss-reactive ketones (excluding diaryl/α,β-unsaturated/α-hetero) is 1. The van der Waals surface area contributed by atoms with Crippen molar-refractivity contribution in [2.75, 3.05) is 7.11 Å². The summed E-state index contributed by atoms with van der Waals surface area (Å²) in [6.45, 7) is 3.70. The number of rotatable bonds is 3. The van der Waals surface area contributed by atoms with E-state index in [2.05, 4.69) is 14.7 Å². The highest BCUT2D eigenvalue weighted by molar-refractivity contribution is 6.12. The summed E-state index contributed by atoms with van der Waals surface area (Å²) in [6, 6.07) is 0. The lowest BCUT2D eigenvalue weighted by Gasteiger charge is -2.01. The summed E-state index contributed by atoms with van der Waals surface area (Å²) in [5.41, 5.74) is 3.15. The predicted molar refractivity (Wildman–Crippen MR) is 68.9 cm³/mol. The topological polar surface area (TPSA) is 74.1 Å². The molecule has 100 valence electrons. The van der Waals surface area contributed by atoms with Crippen LogP contribution in [0.2, 0.25) is 0 Å². The van der Waals surface area contributed by atoms with E-state index in [0.29, 0.717) is 16.7 Å². The van der Waals surface area contributed by atoms with Gasteiger partial charge in [0.15, 0.2) is 11.4 Å². The Bertz CT molecular complexity index is 673. The first-order valence-electron chi connectivity index (χ1n) is 5.84. The Kier molecular flexibility index (Phi) is 3.33. The molecule has 0 aliphatic carbocycles. The summed E-state index contributed by atoms with van der Waals surface area (Å²) in [4.78, 5) is 32.0. The van der Waals surface area contributed by atoms with E-state index >= 15 is 0 Å². The number of hydrogen-bond acceptors (Lipinski definition) is 5. The van der Waals surface area contributed by atoms with E-state index in [9.17, 15) is 9.59 Å². The fourth-order valence-corrected chi connectivity index (χ4v) is 1.84. The summed E-state index contributed by atoms with van der Waals surface area (Å²) in [7, 11) is 3.05. The number of carbonyl (C=O) groups excluding carboxylic acids is 2. The molecule has 0 aliphatic heterocycles. The number of aryl methyl sites for hydroxylation is 3. The third kappa shape index (κ3) is 2.33. The summed E-state index contributed by atoms with van der Waals surface area (Å²) in [5.74, 6) is -0.867. The van der Waals surface area contributed by atoms with Gasteiger partial charge in [0.1, 0.15) is 11.9 Å². The molecule has 0 atom stereocenters. The number of hydrogen-bond donors (Lipinski definition) is 0. The summed E-state index contributed by atoms with van der Waals surface area (Å²) >= 11 is 0. The minimum Gasteiger partial charge on any atom is -0.469 e. The molecular formula is C13H15N3O3. The molecule has 0 saturated carbocycles. The second kappa shape index (κ2) is 4.79. The van der Waals surface area contributed by atoms with E-state index in [-0.39, 0.29) is 12.2 Å². The van der Waals surface area contributed by atoms with Crippen LogP contribution in [0.4, 0.5) is 0 Å². The number of ether oxygens (including phenoxy) is 1. The first-order chi connectivity index (χ1) is 8.93. The Morgan fingerprint density at radius 2 is 1.89 bits per heavy atom. The van der Waals surface area contributed by atoms with E-state index in [1.807, 2.05) is 13.8 Å². The molecule has 0 saturated heterocycles. The van der Waals surface area contributed by atoms with Gasteiger partial charge < -0.3 is 9.30 Å². The number of carbonyl (C=O) groups is 2. The highest BCUT2D eigenvalue weighted by Gasteiger charge is 2.19. The fraction of sp³-hybridized carbons (Fsp3) is 0.385. The molecule has 2 aromatic heterocycles. The molecule has 0 N–H and O–H groups in total. The highest BCUT2D eigenvalue weighted by Crippen LogP contribution is 2.20. The van der Waals surface area contributed by atoms with Gasteiger partial charge in [-0.1, -0.05) is 0 Å². The second-order valence-corrected chi connectivity index (χ2v) is 4.40. The summed E-state index contributed by atoms with van der Waals surface area (Å²) in [6.07, 6.45) is 1.36. The van der Waals surface area contributed by atoms with E-state index in [1.165, 1.54) is 7.11 Å². The Labute approximate surface area is 110 Å². The van der Waals surface area contributed by atoms with Crippen molar-refractivity contribution in [3.63, 3.8) is 0 Å². The van der Waals surface area contributed by atoms with Crippen LogP contribution < -0.4 is 0 Å². The van der Waals surface area contributed by atoms with Crippen LogP contribution in [0.15, 0.2) is 6.20 Å². The molecule has 2 aromatic rings. The molecule has 2 heterocycles. The Morgan fingerprint density at radius 1 is 1.26 bits per heavy atom. The monoisotopic (exact) mass is 261 g/mol. The SMILES string of the molecule is COC(=O)CC(=O)c1cn(C)c2nc(C)c(C)nc12. The molecule has 6 nitrogen and oxygen atoms in total. The second-order valence-electron chi connectivity index (χ2n) is 4.40. The molecule has 0 aliphatic rings. The average Bonchev–Trinajstić information content (AvgIpc) is 2.67. The van der Waals surface area contributed by atoms with Gasteiger partial charge in [0, 0.05) is 13.2 Å². The Morgan fingerprint density at radius 3 is 2.53 bits per heavy atom. The van der Waals surface area contributed by atoms with Crippen molar-refractivity contribution in [1.29, 1.82) is 0 Å². The van der Waals surface area contributed by atoms with E-state index < -0.39 is 5.97 Å². The molecule has 2 rings (SSSR count). The van der Waals surface area contributed by atoms with Gasteiger partial charge in [-0.3, -0.25) is 9.59 Å². The zero-order chi connectivity index (χ0) is 14.2. The Hall–Kier alpha value is -2.24. The third-order valence-corrected chi connectivity index (χ3v) is 3.03. The molecule has 19 heavy (non-hydrogen) atoms. The van der Waals surface area contributed by atoms with Gasteiger partial charge in [-0.15, -0.1) is 0 Å². The van der Waals surface area contributed by atoms with Crippen LogP contribution in [0, 0.1) is 13.8 Å². The van der Waals surface area contributed by atoms with Crippen LogP contribution >= 0.6 is 0 Å². The van der Waals surface area contributed by atoms with Gasteiger partial charge in [-0.25, -0.2) is 9.97 Å². The van der Waals surface area contributed by atoms with Crippen molar-refractivity contribution in [1.82, 2.24) is 14.5 Å². The smallest absolute Gasteiger partial charge is 0.313 e. The van der Waals surface area contributed by atoms with Gasteiger partial charge in [-0.05, 0) is 13.8 Å². The molecule has 0 bridgehead atoms. The number of fused-ring (bicyclic) bond motifs is 1.